The molecule has 1 aromatic heterocycles. The molecule has 0 unspecified atom stereocenters. The van der Waals surface area contributed by atoms with Gasteiger partial charge in [0, 0.05) is 6.20 Å². The number of hydrazone groups is 1. The van der Waals surface area contributed by atoms with Crippen LogP contribution in [0.25, 0.3) is 0 Å². The van der Waals surface area contributed by atoms with Gasteiger partial charge < -0.3 is 9.72 Å². The molecule has 1 heterocycles. The summed E-state index contributed by atoms with van der Waals surface area (Å²) in [5, 5.41) is 4.06. The Bertz CT molecular complexity index is 268. The van der Waals surface area contributed by atoms with Gasteiger partial charge in [-0.3, -0.25) is 0 Å². The number of hydrogen-bond acceptors (Lipinski definition) is 3. The second-order valence-corrected chi connectivity index (χ2v) is 2.36. The molecule has 5 heteroatoms. The molecule has 0 aliphatic heterocycles. The first kappa shape index (κ1) is 8.73. The van der Waals surface area contributed by atoms with Gasteiger partial charge in [-0.1, -0.05) is 0 Å². The number of ether oxygens (including phenoxy) is 1. The van der Waals surface area contributed by atoms with Gasteiger partial charge in [-0.2, -0.15) is 5.10 Å². The Morgan fingerprint density at radius 1 is 1.83 bits per heavy atom. The minimum Gasteiger partial charge on any atom is -0.473 e. The number of aromatic amines is 1. The van der Waals surface area contributed by atoms with Crippen molar-refractivity contribution in [3.05, 3.63) is 24.0 Å². The van der Waals surface area contributed by atoms with Crippen LogP contribution < -0.4 is 5.43 Å². The lowest BCUT2D eigenvalue weighted by Gasteiger charge is -1.97. The average Bonchev–Trinajstić information content (AvgIpc) is 2.57. The minimum absolute atomic E-state index is 0.248. The van der Waals surface area contributed by atoms with Crippen LogP contribution in [0.5, 0.6) is 0 Å². The molecule has 0 saturated carbocycles. The Morgan fingerprint density at radius 2 is 2.67 bits per heavy atom. The number of nitrogens with zero attached hydrogens (tertiary/aromatic N) is 1. The molecule has 1 aromatic rings. The number of H-pyrrole nitrogens is 1. The minimum atomic E-state index is 0.248. The van der Waals surface area contributed by atoms with E-state index in [0.29, 0.717) is 0 Å². The number of hydrogen-bond donors (Lipinski definition) is 2. The van der Waals surface area contributed by atoms with Gasteiger partial charge in [0.25, 0.3) is 5.17 Å². The fraction of sp³-hybridized carbons (Fsp3) is 0.143. The molecule has 0 saturated heterocycles. The summed E-state index contributed by atoms with van der Waals surface area (Å²) in [6, 6.07) is 3.77. The lowest BCUT2D eigenvalue weighted by molar-refractivity contribution is 0.395. The Kier molecular flexibility index (Phi) is 3.28. The zero-order valence-electron chi connectivity index (χ0n) is 6.57. The van der Waals surface area contributed by atoms with Gasteiger partial charge in [0.1, 0.15) is 0 Å². The Hall–Kier alpha value is -1.36. The second kappa shape index (κ2) is 4.50. The van der Waals surface area contributed by atoms with Crippen LogP contribution in [0.2, 0.25) is 0 Å². The van der Waals surface area contributed by atoms with Crippen molar-refractivity contribution in [1.29, 1.82) is 0 Å². The van der Waals surface area contributed by atoms with E-state index in [1.165, 1.54) is 7.11 Å². The molecular formula is C7H9N3OS. The summed E-state index contributed by atoms with van der Waals surface area (Å²) in [7, 11) is 1.49. The average molecular weight is 183 g/mol. The molecule has 0 aliphatic rings. The first-order valence-electron chi connectivity index (χ1n) is 3.33. The van der Waals surface area contributed by atoms with Crippen LogP contribution in [0, 0.1) is 0 Å². The topological polar surface area (TPSA) is 49.4 Å². The van der Waals surface area contributed by atoms with Gasteiger partial charge in [-0.25, -0.2) is 5.43 Å². The van der Waals surface area contributed by atoms with Gasteiger partial charge in [0.2, 0.25) is 0 Å². The maximum Gasteiger partial charge on any atom is 0.277 e. The van der Waals surface area contributed by atoms with E-state index < -0.39 is 0 Å². The molecule has 0 amide bonds. The van der Waals surface area contributed by atoms with E-state index in [0.717, 1.165) is 5.69 Å². The van der Waals surface area contributed by atoms with Crippen molar-refractivity contribution in [3.8, 4) is 0 Å². The summed E-state index contributed by atoms with van der Waals surface area (Å²) >= 11 is 4.69. The van der Waals surface area contributed by atoms with Crippen LogP contribution in [0.3, 0.4) is 0 Å². The zero-order valence-corrected chi connectivity index (χ0v) is 7.39. The Morgan fingerprint density at radius 3 is 3.25 bits per heavy atom. The highest BCUT2D eigenvalue weighted by Crippen LogP contribution is 1.87. The largest absolute Gasteiger partial charge is 0.473 e. The molecule has 1 rings (SSSR count). The van der Waals surface area contributed by atoms with Crippen molar-refractivity contribution >= 4 is 23.6 Å². The summed E-state index contributed by atoms with van der Waals surface area (Å²) < 4.78 is 4.67. The molecule has 0 bridgehead atoms. The predicted molar refractivity (Wildman–Crippen MR) is 51.1 cm³/mol. The molecule has 0 fully saturated rings. The molecule has 12 heavy (non-hydrogen) atoms. The molecule has 0 aromatic carbocycles. The first-order valence-corrected chi connectivity index (χ1v) is 3.74. The molecule has 2 N–H and O–H groups in total. The highest BCUT2D eigenvalue weighted by Gasteiger charge is 1.87. The van der Waals surface area contributed by atoms with Crippen molar-refractivity contribution in [2.75, 3.05) is 7.11 Å². The molecule has 0 aliphatic carbocycles. The van der Waals surface area contributed by atoms with Crippen molar-refractivity contribution in [2.45, 2.75) is 0 Å². The quantitative estimate of drug-likeness (QED) is 0.406. The van der Waals surface area contributed by atoms with Crippen molar-refractivity contribution in [2.24, 2.45) is 5.10 Å². The van der Waals surface area contributed by atoms with Crippen LogP contribution in [-0.2, 0) is 4.74 Å². The van der Waals surface area contributed by atoms with Crippen LogP contribution in [0.1, 0.15) is 5.69 Å². The molecular weight excluding hydrogens is 174 g/mol. The molecule has 0 radical (unpaired) electrons. The van der Waals surface area contributed by atoms with Crippen molar-refractivity contribution in [1.82, 2.24) is 10.4 Å². The monoisotopic (exact) mass is 183 g/mol. The number of nitrogens with one attached hydrogen (secondary N) is 2. The van der Waals surface area contributed by atoms with Gasteiger partial charge in [-0.15, -0.1) is 0 Å². The molecule has 4 nitrogen and oxygen atoms in total. The molecule has 64 valence electrons. The van der Waals surface area contributed by atoms with Gasteiger partial charge >= 0.3 is 0 Å². The SMILES string of the molecule is COC(=S)N/N=C\c1ccc[nH]1. The fourth-order valence-corrected chi connectivity index (χ4v) is 0.677. The third-order valence-corrected chi connectivity index (χ3v) is 1.42. The van der Waals surface area contributed by atoms with E-state index in [9.17, 15) is 0 Å². The first-order chi connectivity index (χ1) is 5.83. The van der Waals surface area contributed by atoms with Crippen LogP contribution in [0.4, 0.5) is 0 Å². The van der Waals surface area contributed by atoms with Crippen LogP contribution in [0.15, 0.2) is 23.4 Å². The fourth-order valence-electron chi connectivity index (χ4n) is 0.625. The summed E-state index contributed by atoms with van der Waals surface area (Å²) in [6.45, 7) is 0. The van der Waals surface area contributed by atoms with Crippen LogP contribution >= 0.6 is 12.2 Å². The molecule has 0 atom stereocenters. The van der Waals surface area contributed by atoms with E-state index in [1.54, 1.807) is 6.21 Å². The maximum absolute atomic E-state index is 4.69. The smallest absolute Gasteiger partial charge is 0.277 e. The van der Waals surface area contributed by atoms with Crippen molar-refractivity contribution < 1.29 is 4.74 Å². The summed E-state index contributed by atoms with van der Waals surface area (Å²) in [6.07, 6.45) is 3.43. The standard InChI is InChI=1S/C7H9N3OS/c1-11-7(12)10-9-5-6-3-2-4-8-6/h2-5,8H,1H3,(H,10,12)/b9-5-. The Balaban J connectivity index is 2.37. The number of rotatable bonds is 2. The highest BCUT2D eigenvalue weighted by molar-refractivity contribution is 7.80. The van der Waals surface area contributed by atoms with E-state index in [-0.39, 0.29) is 5.17 Å². The summed E-state index contributed by atoms with van der Waals surface area (Å²) in [5.41, 5.74) is 3.43. The Labute approximate surface area is 75.6 Å². The molecule has 0 spiro atoms. The summed E-state index contributed by atoms with van der Waals surface area (Å²) in [4.78, 5) is 2.96. The van der Waals surface area contributed by atoms with Crippen LogP contribution in [-0.4, -0.2) is 23.5 Å². The van der Waals surface area contributed by atoms with Gasteiger partial charge in [-0.05, 0) is 24.4 Å². The number of thiocarbonyl (C=S) groups is 1. The second-order valence-electron chi connectivity index (χ2n) is 1.99. The maximum atomic E-state index is 4.69. The highest BCUT2D eigenvalue weighted by atomic mass is 32.1. The lowest BCUT2D eigenvalue weighted by atomic mass is 10.5. The number of methoxy groups -OCH3 is 1. The van der Waals surface area contributed by atoms with Crippen molar-refractivity contribution in [3.63, 3.8) is 0 Å². The van der Waals surface area contributed by atoms with E-state index in [1.807, 2.05) is 18.3 Å². The number of aromatic nitrogens is 1. The van der Waals surface area contributed by atoms with E-state index in [2.05, 4.69) is 20.2 Å². The third-order valence-electron chi connectivity index (χ3n) is 1.17. The summed E-state index contributed by atoms with van der Waals surface area (Å²) in [5.74, 6) is 0. The van der Waals surface area contributed by atoms with Gasteiger partial charge in [0.05, 0.1) is 19.0 Å². The van der Waals surface area contributed by atoms with E-state index >= 15 is 0 Å². The van der Waals surface area contributed by atoms with Gasteiger partial charge in [0.15, 0.2) is 0 Å². The zero-order chi connectivity index (χ0) is 8.81. The predicted octanol–water partition coefficient (Wildman–Crippen LogP) is 0.869. The van der Waals surface area contributed by atoms with E-state index in [4.69, 9.17) is 12.2 Å². The lowest BCUT2D eigenvalue weighted by Crippen LogP contribution is -2.16. The normalized spacial score (nSPS) is 10.1. The third kappa shape index (κ3) is 2.71.